The Balaban J connectivity index is -0.000000320. The van der Waals surface area contributed by atoms with Crippen LogP contribution in [0.15, 0.2) is 0 Å². The maximum absolute atomic E-state index is 10.1. The van der Waals surface area contributed by atoms with Gasteiger partial charge in [-0.25, -0.2) is 9.36 Å². The van der Waals surface area contributed by atoms with Crippen LogP contribution in [0.2, 0.25) is 0 Å². The fraction of sp³-hybridized carbons (Fsp3) is 0.667. The molecule has 56 valence electrons. The Kier molecular flexibility index (Phi) is 6.36. The first-order valence-corrected chi connectivity index (χ1v) is 3.82. The molecule has 0 aromatic carbocycles. The third-order valence-electron chi connectivity index (χ3n) is 0.506. The van der Waals surface area contributed by atoms with Crippen molar-refractivity contribution in [3.63, 3.8) is 0 Å². The van der Waals surface area contributed by atoms with Gasteiger partial charge in [0, 0.05) is 0 Å². The van der Waals surface area contributed by atoms with E-state index in [0.717, 1.165) is 0 Å². The van der Waals surface area contributed by atoms with Crippen molar-refractivity contribution in [2.75, 3.05) is 6.61 Å². The normalized spacial score (nSPS) is 9.90. The number of hydrogen-bond acceptors (Lipinski definition) is 3. The molecule has 0 atom stereocenters. The number of ether oxygens (including phenoxy) is 1. The van der Waals surface area contributed by atoms with E-state index in [1.165, 1.54) is 6.92 Å². The van der Waals surface area contributed by atoms with Crippen molar-refractivity contribution in [3.8, 4) is 0 Å². The second-order valence-corrected chi connectivity index (χ2v) is 2.70. The first-order chi connectivity index (χ1) is 3.98. The number of carbonyl (C=O) groups is 1. The smallest absolute Gasteiger partial charge is 1.00 e. The van der Waals surface area contributed by atoms with E-state index in [1.54, 1.807) is 0 Å². The second kappa shape index (κ2) is 4.95. The van der Waals surface area contributed by atoms with E-state index in [0.29, 0.717) is 0 Å². The molecule has 0 fully saturated rings. The fourth-order valence-corrected chi connectivity index (χ4v) is 0.505. The quantitative estimate of drug-likeness (QED) is 0.344. The van der Waals surface area contributed by atoms with Crippen LogP contribution in [0, 0.1) is 0 Å². The van der Waals surface area contributed by atoms with Gasteiger partial charge in [-0.2, -0.15) is 0 Å². The van der Waals surface area contributed by atoms with Crippen molar-refractivity contribution in [2.24, 2.45) is 0 Å². The van der Waals surface area contributed by atoms with Crippen LogP contribution in [-0.2, 0) is 9.30 Å². The largest absolute Gasteiger partial charge is 1.00 e. The van der Waals surface area contributed by atoms with Gasteiger partial charge in [0.2, 0.25) is 0 Å². The Labute approximate surface area is 71.6 Å². The molecule has 0 aliphatic carbocycles. The Morgan fingerprint density at radius 2 is 2.10 bits per heavy atom. The van der Waals surface area contributed by atoms with Gasteiger partial charge >= 0.3 is 32.2 Å². The third kappa shape index (κ3) is 5.04. The molecule has 0 radical (unpaired) electrons. The molecule has 0 spiro atoms. The van der Waals surface area contributed by atoms with Crippen molar-refractivity contribution in [1.82, 2.24) is 0 Å². The van der Waals surface area contributed by atoms with E-state index in [1.807, 2.05) is 0 Å². The average molecular weight is 162 g/mol. The van der Waals surface area contributed by atoms with Gasteiger partial charge in [0.05, 0.1) is 6.61 Å². The van der Waals surface area contributed by atoms with Gasteiger partial charge in [0.1, 0.15) is 0 Å². The van der Waals surface area contributed by atoms with Crippen LogP contribution in [-0.4, -0.2) is 22.1 Å². The first-order valence-electron chi connectivity index (χ1n) is 2.21. The van der Waals surface area contributed by atoms with Gasteiger partial charge in [-0.05, 0) is 6.92 Å². The summed E-state index contributed by atoms with van der Waals surface area (Å²) in [6.07, 6.45) is 0. The molecule has 0 aliphatic heterocycles. The third-order valence-corrected chi connectivity index (χ3v) is 1.11. The zero-order chi connectivity index (χ0) is 7.49. The molecule has 0 aliphatic rings. The van der Waals surface area contributed by atoms with Crippen molar-refractivity contribution < 1.29 is 44.2 Å². The van der Waals surface area contributed by atoms with Crippen LogP contribution in [0.4, 0.5) is 4.79 Å². The summed E-state index contributed by atoms with van der Waals surface area (Å²) in [6, 6.07) is 0. The zero-order valence-electron chi connectivity index (χ0n) is 6.77. The first kappa shape index (κ1) is 12.9. The topological polar surface area (TPSA) is 83.8 Å². The summed E-state index contributed by atoms with van der Waals surface area (Å²) in [5.41, 5.74) is -1.47. The minimum Gasteiger partial charge on any atom is -1.00 e. The molecule has 0 bridgehead atoms. The van der Waals surface area contributed by atoms with Crippen LogP contribution in [0.3, 0.4) is 0 Å². The Morgan fingerprint density at radius 1 is 1.70 bits per heavy atom. The predicted octanol–water partition coefficient (Wildman–Crippen LogP) is -2.56. The summed E-state index contributed by atoms with van der Waals surface area (Å²) in [7, 11) is -4.63. The Morgan fingerprint density at radius 3 is 2.20 bits per heavy atom. The molecule has 0 unspecified atom stereocenters. The molecule has 0 aromatic rings. The number of hydrogen-bond donors (Lipinski definition) is 2. The minimum atomic E-state index is -4.63. The Bertz CT molecular complexity index is 156. The van der Waals surface area contributed by atoms with E-state index >= 15 is 0 Å². The van der Waals surface area contributed by atoms with Gasteiger partial charge in [-0.3, -0.25) is 0 Å². The van der Waals surface area contributed by atoms with Crippen molar-refractivity contribution in [3.05, 3.63) is 0 Å². The SMILES string of the molecule is CCOC(=O)P(=O)(O)O.[H-].[Li+]. The zero-order valence-corrected chi connectivity index (χ0v) is 6.67. The van der Waals surface area contributed by atoms with Gasteiger partial charge in [-0.15, -0.1) is 0 Å². The van der Waals surface area contributed by atoms with Crippen LogP contribution < -0.4 is 18.9 Å². The summed E-state index contributed by atoms with van der Waals surface area (Å²) in [5, 5.41) is 0. The summed E-state index contributed by atoms with van der Waals surface area (Å²) >= 11 is 0. The van der Waals surface area contributed by atoms with Crippen LogP contribution in [0.1, 0.15) is 8.35 Å². The van der Waals surface area contributed by atoms with Crippen LogP contribution >= 0.6 is 7.60 Å². The molecular formula is C3H8LiO5P. The molecule has 0 rings (SSSR count). The van der Waals surface area contributed by atoms with E-state index in [9.17, 15) is 9.36 Å². The summed E-state index contributed by atoms with van der Waals surface area (Å²) in [6.45, 7) is 1.44. The standard InChI is InChI=1S/C3H7O5P.Li.H/c1-2-8-3(4)9(5,6)7;;/h2H2,1H3,(H2,5,6,7);;/q;+1;-1. The monoisotopic (exact) mass is 162 g/mol. The average Bonchev–Trinajstić information content (AvgIpc) is 1.64. The second-order valence-electron chi connectivity index (χ2n) is 1.24. The predicted molar refractivity (Wildman–Crippen MR) is 30.2 cm³/mol. The number of carbonyl (C=O) groups excluding carboxylic acids is 1. The molecule has 0 amide bonds. The summed E-state index contributed by atoms with van der Waals surface area (Å²) < 4.78 is 13.9. The molecule has 7 heteroatoms. The van der Waals surface area contributed by atoms with E-state index in [-0.39, 0.29) is 26.9 Å². The minimum absolute atomic E-state index is 0. The van der Waals surface area contributed by atoms with E-state index < -0.39 is 13.3 Å². The Hall–Kier alpha value is 0.217. The van der Waals surface area contributed by atoms with E-state index in [2.05, 4.69) is 4.74 Å². The van der Waals surface area contributed by atoms with Gasteiger partial charge in [-0.1, -0.05) is 0 Å². The molecule has 0 heterocycles. The molecule has 5 nitrogen and oxygen atoms in total. The molecule has 2 N–H and O–H groups in total. The van der Waals surface area contributed by atoms with Gasteiger partial charge in [0.15, 0.2) is 0 Å². The molecular weight excluding hydrogens is 154 g/mol. The van der Waals surface area contributed by atoms with Crippen molar-refractivity contribution in [1.29, 1.82) is 0 Å². The molecule has 10 heavy (non-hydrogen) atoms. The summed E-state index contributed by atoms with van der Waals surface area (Å²) in [4.78, 5) is 26.2. The number of rotatable bonds is 2. The van der Waals surface area contributed by atoms with E-state index in [4.69, 9.17) is 9.79 Å². The summed E-state index contributed by atoms with van der Waals surface area (Å²) in [5.74, 6) is 0. The van der Waals surface area contributed by atoms with Gasteiger partial charge in [0.25, 0.3) is 0 Å². The molecule has 0 saturated carbocycles. The molecule has 0 aromatic heterocycles. The maximum atomic E-state index is 10.1. The van der Waals surface area contributed by atoms with Crippen molar-refractivity contribution in [2.45, 2.75) is 6.92 Å². The van der Waals surface area contributed by atoms with Crippen molar-refractivity contribution >= 4 is 13.3 Å². The fourth-order valence-electron chi connectivity index (χ4n) is 0.208. The van der Waals surface area contributed by atoms with Gasteiger partial charge < -0.3 is 16.0 Å². The van der Waals surface area contributed by atoms with Crippen LogP contribution in [0.5, 0.6) is 0 Å². The van der Waals surface area contributed by atoms with Crippen LogP contribution in [0.25, 0.3) is 0 Å². The molecule has 0 saturated heterocycles. The maximum Gasteiger partial charge on any atom is 1.00 e.